The molecule has 1 saturated heterocycles. The molecule has 4 nitrogen and oxygen atoms in total. The van der Waals surface area contributed by atoms with E-state index in [9.17, 15) is 9.90 Å². The molecule has 1 fully saturated rings. The fourth-order valence-electron chi connectivity index (χ4n) is 2.92. The van der Waals surface area contributed by atoms with Crippen LogP contribution in [0.2, 0.25) is 0 Å². The first-order chi connectivity index (χ1) is 9.16. The van der Waals surface area contributed by atoms with Gasteiger partial charge in [0.2, 0.25) is 0 Å². The van der Waals surface area contributed by atoms with Crippen LogP contribution in [0, 0.1) is 5.92 Å². The van der Waals surface area contributed by atoms with Gasteiger partial charge in [-0.2, -0.15) is 0 Å². The lowest BCUT2D eigenvalue weighted by Crippen LogP contribution is -2.32. The number of carbonyl (C=O) groups is 1. The van der Waals surface area contributed by atoms with Crippen molar-refractivity contribution in [3.63, 3.8) is 0 Å². The molecule has 0 saturated carbocycles. The second-order valence-corrected chi connectivity index (χ2v) is 5.47. The van der Waals surface area contributed by atoms with E-state index in [1.165, 1.54) is 0 Å². The van der Waals surface area contributed by atoms with Crippen molar-refractivity contribution in [2.75, 3.05) is 13.2 Å². The Hall–Kier alpha value is -1.39. The zero-order valence-electron chi connectivity index (χ0n) is 11.1. The first-order valence-electron chi connectivity index (χ1n) is 6.87. The Morgan fingerprint density at radius 3 is 3.05 bits per heavy atom. The Morgan fingerprint density at radius 2 is 2.32 bits per heavy atom. The van der Waals surface area contributed by atoms with Gasteiger partial charge < -0.3 is 15.2 Å². The summed E-state index contributed by atoms with van der Waals surface area (Å²) in [7, 11) is 0. The third kappa shape index (κ3) is 2.26. The van der Waals surface area contributed by atoms with Crippen LogP contribution in [0.4, 0.5) is 0 Å². The third-order valence-electron chi connectivity index (χ3n) is 4.16. The van der Waals surface area contributed by atoms with Crippen molar-refractivity contribution in [2.45, 2.75) is 32.0 Å². The van der Waals surface area contributed by atoms with Gasteiger partial charge in [-0.25, -0.2) is 0 Å². The van der Waals surface area contributed by atoms with Crippen molar-refractivity contribution in [3.05, 3.63) is 34.9 Å². The third-order valence-corrected chi connectivity index (χ3v) is 4.16. The van der Waals surface area contributed by atoms with Crippen LogP contribution >= 0.6 is 0 Å². The van der Waals surface area contributed by atoms with Crippen LogP contribution in [-0.4, -0.2) is 30.3 Å². The summed E-state index contributed by atoms with van der Waals surface area (Å²) < 4.78 is 5.60. The van der Waals surface area contributed by atoms with E-state index in [4.69, 9.17) is 4.74 Å². The van der Waals surface area contributed by atoms with Crippen LogP contribution in [0.25, 0.3) is 0 Å². The smallest absolute Gasteiger partial charge is 0.251 e. The van der Waals surface area contributed by atoms with Gasteiger partial charge >= 0.3 is 0 Å². The number of amides is 1. The van der Waals surface area contributed by atoms with E-state index in [-0.39, 0.29) is 12.0 Å². The van der Waals surface area contributed by atoms with Crippen molar-refractivity contribution >= 4 is 5.91 Å². The molecule has 0 aromatic heterocycles. The number of aliphatic hydroxyl groups is 1. The molecular weight excluding hydrogens is 242 g/mol. The summed E-state index contributed by atoms with van der Waals surface area (Å²) in [6.45, 7) is 3.48. The maximum Gasteiger partial charge on any atom is 0.251 e. The Morgan fingerprint density at radius 1 is 1.47 bits per heavy atom. The minimum atomic E-state index is -0.655. The molecule has 2 heterocycles. The van der Waals surface area contributed by atoms with Crippen molar-refractivity contribution in [1.82, 2.24) is 5.32 Å². The average molecular weight is 261 g/mol. The predicted octanol–water partition coefficient (Wildman–Crippen LogP) is 1.43. The molecule has 2 aliphatic rings. The first kappa shape index (κ1) is 12.6. The predicted molar refractivity (Wildman–Crippen MR) is 71.0 cm³/mol. The normalized spacial score (nSPS) is 27.8. The number of hydrogen-bond acceptors (Lipinski definition) is 3. The number of rotatable bonds is 2. The molecule has 2 N–H and O–H groups in total. The molecule has 19 heavy (non-hydrogen) atoms. The van der Waals surface area contributed by atoms with Gasteiger partial charge in [-0.3, -0.25) is 4.79 Å². The van der Waals surface area contributed by atoms with Gasteiger partial charge in [-0.15, -0.1) is 0 Å². The van der Waals surface area contributed by atoms with E-state index >= 15 is 0 Å². The lowest BCUT2D eigenvalue weighted by atomic mass is 9.91. The molecule has 0 bridgehead atoms. The minimum Gasteiger partial charge on any atom is -0.386 e. The SMILES string of the molecule is CC1CCOC1C(O)c1ccc2c(c1)C(=O)NCC2. The van der Waals surface area contributed by atoms with Gasteiger partial charge in [0.25, 0.3) is 5.91 Å². The van der Waals surface area contributed by atoms with Gasteiger partial charge in [0.1, 0.15) is 6.10 Å². The Balaban J connectivity index is 1.89. The van der Waals surface area contributed by atoms with Gasteiger partial charge in [0, 0.05) is 18.7 Å². The maximum atomic E-state index is 11.8. The summed E-state index contributed by atoms with van der Waals surface area (Å²) in [6.07, 6.45) is 1.02. The van der Waals surface area contributed by atoms with E-state index in [0.717, 1.165) is 24.0 Å². The van der Waals surface area contributed by atoms with Gasteiger partial charge in [-0.05, 0) is 36.0 Å². The van der Waals surface area contributed by atoms with E-state index in [1.807, 2.05) is 18.2 Å². The highest BCUT2D eigenvalue weighted by Gasteiger charge is 2.32. The number of aliphatic hydroxyl groups excluding tert-OH is 1. The van der Waals surface area contributed by atoms with Crippen LogP contribution < -0.4 is 5.32 Å². The largest absolute Gasteiger partial charge is 0.386 e. The standard InChI is InChI=1S/C15H19NO3/c1-9-5-7-19-14(9)13(17)11-3-2-10-4-6-16-15(18)12(10)8-11/h2-3,8-9,13-14,17H,4-7H2,1H3,(H,16,18). The lowest BCUT2D eigenvalue weighted by Gasteiger charge is -2.24. The van der Waals surface area contributed by atoms with E-state index < -0.39 is 6.10 Å². The highest BCUT2D eigenvalue weighted by Crippen LogP contribution is 2.32. The van der Waals surface area contributed by atoms with Crippen molar-refractivity contribution in [3.8, 4) is 0 Å². The van der Waals surface area contributed by atoms with Gasteiger partial charge in [-0.1, -0.05) is 19.1 Å². The Labute approximate surface area is 112 Å². The quantitative estimate of drug-likeness (QED) is 0.846. The number of fused-ring (bicyclic) bond motifs is 1. The van der Waals surface area contributed by atoms with Crippen LogP contribution in [0.15, 0.2) is 18.2 Å². The zero-order chi connectivity index (χ0) is 13.4. The number of nitrogens with one attached hydrogen (secondary N) is 1. The molecule has 1 aromatic carbocycles. The number of ether oxygens (including phenoxy) is 1. The van der Waals surface area contributed by atoms with Crippen LogP contribution in [-0.2, 0) is 11.2 Å². The Bertz CT molecular complexity index is 500. The number of benzene rings is 1. The van der Waals surface area contributed by atoms with Gasteiger partial charge in [0.15, 0.2) is 0 Å². The van der Waals surface area contributed by atoms with E-state index in [0.29, 0.717) is 24.6 Å². The second-order valence-electron chi connectivity index (χ2n) is 5.47. The molecule has 3 unspecified atom stereocenters. The molecule has 3 rings (SSSR count). The average Bonchev–Trinajstić information content (AvgIpc) is 2.84. The fraction of sp³-hybridized carbons (Fsp3) is 0.533. The molecule has 102 valence electrons. The monoisotopic (exact) mass is 261 g/mol. The first-order valence-corrected chi connectivity index (χ1v) is 6.87. The second kappa shape index (κ2) is 4.94. The van der Waals surface area contributed by atoms with Crippen molar-refractivity contribution in [1.29, 1.82) is 0 Å². The summed E-state index contributed by atoms with van der Waals surface area (Å²) in [4.78, 5) is 11.8. The summed E-state index contributed by atoms with van der Waals surface area (Å²) in [6, 6.07) is 5.67. The summed E-state index contributed by atoms with van der Waals surface area (Å²) in [5, 5.41) is 13.3. The van der Waals surface area contributed by atoms with Crippen LogP contribution in [0.3, 0.4) is 0 Å². The molecule has 4 heteroatoms. The van der Waals surface area contributed by atoms with Crippen LogP contribution in [0.1, 0.15) is 40.9 Å². The molecule has 3 atom stereocenters. The van der Waals surface area contributed by atoms with Gasteiger partial charge in [0.05, 0.1) is 6.10 Å². The van der Waals surface area contributed by atoms with E-state index in [2.05, 4.69) is 12.2 Å². The number of hydrogen-bond donors (Lipinski definition) is 2. The topological polar surface area (TPSA) is 58.6 Å². The Kier molecular flexibility index (Phi) is 3.29. The minimum absolute atomic E-state index is 0.0457. The van der Waals surface area contributed by atoms with Crippen molar-refractivity contribution < 1.29 is 14.6 Å². The summed E-state index contributed by atoms with van der Waals surface area (Å²) in [5.74, 6) is 0.301. The van der Waals surface area contributed by atoms with Crippen molar-refractivity contribution in [2.24, 2.45) is 5.92 Å². The molecular formula is C15H19NO3. The maximum absolute atomic E-state index is 11.8. The van der Waals surface area contributed by atoms with E-state index in [1.54, 1.807) is 0 Å². The molecule has 1 aromatic rings. The summed E-state index contributed by atoms with van der Waals surface area (Å²) in [5.41, 5.74) is 2.52. The molecule has 0 aliphatic carbocycles. The highest BCUT2D eigenvalue weighted by molar-refractivity contribution is 5.96. The van der Waals surface area contributed by atoms with Crippen LogP contribution in [0.5, 0.6) is 0 Å². The number of carbonyl (C=O) groups excluding carboxylic acids is 1. The zero-order valence-corrected chi connectivity index (χ0v) is 11.1. The molecule has 1 amide bonds. The molecule has 2 aliphatic heterocycles. The fourth-order valence-corrected chi connectivity index (χ4v) is 2.92. The molecule has 0 spiro atoms. The summed E-state index contributed by atoms with van der Waals surface area (Å²) >= 11 is 0. The lowest BCUT2D eigenvalue weighted by molar-refractivity contribution is -0.0178. The highest BCUT2D eigenvalue weighted by atomic mass is 16.5. The molecule has 0 radical (unpaired) electrons.